The number of hydrogen-bond donors (Lipinski definition) is 0. The Morgan fingerprint density at radius 3 is 2.46 bits per heavy atom. The molecule has 4 rings (SSSR count). The molecule has 0 saturated carbocycles. The Kier molecular flexibility index (Phi) is 5.35. The monoisotopic (exact) mass is 395 g/mol. The van der Waals surface area contributed by atoms with E-state index in [1.807, 2.05) is 42.5 Å². The molecule has 1 fully saturated rings. The highest BCUT2D eigenvalue weighted by Gasteiger charge is 2.22. The number of hydrogen-bond acceptors (Lipinski definition) is 5. The summed E-state index contributed by atoms with van der Waals surface area (Å²) in [5.74, 6) is 0.581. The fraction of sp³-hybridized carbons (Fsp3) is 0.273. The van der Waals surface area contributed by atoms with Gasteiger partial charge in [0.15, 0.2) is 0 Å². The summed E-state index contributed by atoms with van der Waals surface area (Å²) < 4.78 is 5.18. The summed E-state index contributed by atoms with van der Waals surface area (Å²) in [6, 6.07) is 15.8. The first kappa shape index (κ1) is 18.6. The van der Waals surface area contributed by atoms with Gasteiger partial charge in [-0.25, -0.2) is 9.78 Å². The van der Waals surface area contributed by atoms with Gasteiger partial charge in [0.2, 0.25) is 0 Å². The number of nitrogens with zero attached hydrogens (tertiary/aromatic N) is 3. The van der Waals surface area contributed by atoms with Gasteiger partial charge < -0.3 is 14.5 Å². The Morgan fingerprint density at radius 1 is 1.04 bits per heavy atom. The highest BCUT2D eigenvalue weighted by Crippen LogP contribution is 2.29. The molecule has 3 aromatic rings. The maximum absolute atomic E-state index is 12.3. The van der Waals surface area contributed by atoms with Crippen LogP contribution in [0.15, 0.2) is 54.7 Å². The van der Waals surface area contributed by atoms with Crippen LogP contribution in [0.4, 0.5) is 11.5 Å². The molecule has 1 aromatic heterocycles. The SMILES string of the molecule is CCOC(=O)c1cnc(N2CCN(c3cccc(Cl)c3)CC2)c2ccccc12. The molecule has 0 bridgehead atoms. The zero-order valence-electron chi connectivity index (χ0n) is 15.8. The average molecular weight is 396 g/mol. The molecule has 5 nitrogen and oxygen atoms in total. The highest BCUT2D eigenvalue weighted by atomic mass is 35.5. The Labute approximate surface area is 169 Å². The number of esters is 1. The standard InChI is InChI=1S/C22H22ClN3O2/c1-2-28-22(27)20-15-24-21(19-9-4-3-8-18(19)20)26-12-10-25(11-13-26)17-7-5-6-16(23)14-17/h3-9,14-15H,2,10-13H2,1H3. The van der Waals surface area contributed by atoms with E-state index in [9.17, 15) is 4.79 Å². The molecule has 0 spiro atoms. The van der Waals surface area contributed by atoms with Crippen molar-refractivity contribution in [1.82, 2.24) is 4.98 Å². The Hall–Kier alpha value is -2.79. The lowest BCUT2D eigenvalue weighted by Gasteiger charge is -2.37. The van der Waals surface area contributed by atoms with Crippen LogP contribution in [-0.4, -0.2) is 43.7 Å². The largest absolute Gasteiger partial charge is 0.462 e. The number of pyridine rings is 1. The van der Waals surface area contributed by atoms with Gasteiger partial charge in [-0.1, -0.05) is 41.9 Å². The van der Waals surface area contributed by atoms with Gasteiger partial charge in [0.1, 0.15) is 5.82 Å². The van der Waals surface area contributed by atoms with Crippen LogP contribution in [-0.2, 0) is 4.74 Å². The molecule has 0 unspecified atom stereocenters. The number of carbonyl (C=O) groups is 1. The van der Waals surface area contributed by atoms with Crippen molar-refractivity contribution in [2.75, 3.05) is 42.6 Å². The van der Waals surface area contributed by atoms with Crippen LogP contribution in [0.2, 0.25) is 5.02 Å². The van der Waals surface area contributed by atoms with Crippen LogP contribution in [0.1, 0.15) is 17.3 Å². The van der Waals surface area contributed by atoms with Crippen molar-refractivity contribution in [1.29, 1.82) is 0 Å². The smallest absolute Gasteiger partial charge is 0.340 e. The van der Waals surface area contributed by atoms with Crippen molar-refractivity contribution in [2.24, 2.45) is 0 Å². The molecule has 2 aromatic carbocycles. The van der Waals surface area contributed by atoms with E-state index < -0.39 is 0 Å². The Morgan fingerprint density at radius 2 is 1.75 bits per heavy atom. The molecule has 1 aliphatic rings. The Balaban J connectivity index is 1.59. The molecule has 0 aliphatic carbocycles. The first-order valence-electron chi connectivity index (χ1n) is 9.47. The molecule has 6 heteroatoms. The summed E-state index contributed by atoms with van der Waals surface area (Å²) >= 11 is 6.13. The number of anilines is 2. The quantitative estimate of drug-likeness (QED) is 0.613. The summed E-state index contributed by atoms with van der Waals surface area (Å²) in [6.45, 7) is 5.62. The average Bonchev–Trinajstić information content (AvgIpc) is 2.73. The molecular formula is C22H22ClN3O2. The van der Waals surface area contributed by atoms with Crippen molar-refractivity contribution in [2.45, 2.75) is 6.92 Å². The zero-order chi connectivity index (χ0) is 19.5. The van der Waals surface area contributed by atoms with Gasteiger partial charge in [0.25, 0.3) is 0 Å². The van der Waals surface area contributed by atoms with Gasteiger partial charge in [-0.15, -0.1) is 0 Å². The van der Waals surface area contributed by atoms with Crippen molar-refractivity contribution < 1.29 is 9.53 Å². The van der Waals surface area contributed by atoms with Crippen LogP contribution in [0.3, 0.4) is 0 Å². The number of halogens is 1. The maximum atomic E-state index is 12.3. The summed E-state index contributed by atoms with van der Waals surface area (Å²) in [7, 11) is 0. The van der Waals surface area contributed by atoms with Crippen molar-refractivity contribution in [3.05, 3.63) is 65.3 Å². The molecule has 0 atom stereocenters. The van der Waals surface area contributed by atoms with Gasteiger partial charge in [-0.3, -0.25) is 0 Å². The van der Waals surface area contributed by atoms with Crippen molar-refractivity contribution >= 4 is 39.8 Å². The number of carbonyl (C=O) groups excluding carboxylic acids is 1. The molecule has 2 heterocycles. The summed E-state index contributed by atoms with van der Waals surface area (Å²) in [4.78, 5) is 21.5. The second kappa shape index (κ2) is 8.07. The number of benzene rings is 2. The third-order valence-electron chi connectivity index (χ3n) is 5.02. The van der Waals surface area contributed by atoms with Gasteiger partial charge in [0, 0.05) is 53.9 Å². The first-order valence-corrected chi connectivity index (χ1v) is 9.85. The highest BCUT2D eigenvalue weighted by molar-refractivity contribution is 6.30. The fourth-order valence-electron chi connectivity index (χ4n) is 3.65. The molecule has 144 valence electrons. The van der Waals surface area contributed by atoms with Gasteiger partial charge in [-0.05, 0) is 25.1 Å². The number of aromatic nitrogens is 1. The molecule has 1 saturated heterocycles. The van der Waals surface area contributed by atoms with Crippen LogP contribution < -0.4 is 9.80 Å². The van der Waals surface area contributed by atoms with Crippen LogP contribution in [0.5, 0.6) is 0 Å². The van der Waals surface area contributed by atoms with Crippen molar-refractivity contribution in [3.8, 4) is 0 Å². The van der Waals surface area contributed by atoms with Crippen LogP contribution >= 0.6 is 11.6 Å². The Bertz CT molecular complexity index is 1000. The lowest BCUT2D eigenvalue weighted by Crippen LogP contribution is -2.46. The maximum Gasteiger partial charge on any atom is 0.340 e. The zero-order valence-corrected chi connectivity index (χ0v) is 16.5. The minimum atomic E-state index is -0.330. The lowest BCUT2D eigenvalue weighted by atomic mass is 10.1. The van der Waals surface area contributed by atoms with E-state index in [2.05, 4.69) is 20.9 Å². The summed E-state index contributed by atoms with van der Waals surface area (Å²) in [5, 5.41) is 2.61. The van der Waals surface area contributed by atoms with E-state index >= 15 is 0 Å². The lowest BCUT2D eigenvalue weighted by molar-refractivity contribution is 0.0528. The molecule has 0 radical (unpaired) electrons. The fourth-order valence-corrected chi connectivity index (χ4v) is 3.84. The summed E-state index contributed by atoms with van der Waals surface area (Å²) in [5.41, 5.74) is 1.65. The van der Waals surface area contributed by atoms with E-state index in [1.165, 1.54) is 0 Å². The normalized spacial score (nSPS) is 14.4. The molecule has 0 amide bonds. The summed E-state index contributed by atoms with van der Waals surface area (Å²) in [6.07, 6.45) is 1.64. The second-order valence-electron chi connectivity index (χ2n) is 6.72. The van der Waals surface area contributed by atoms with Gasteiger partial charge >= 0.3 is 5.97 Å². The van der Waals surface area contributed by atoms with Crippen LogP contribution in [0, 0.1) is 0 Å². The van der Waals surface area contributed by atoms with Gasteiger partial charge in [0.05, 0.1) is 12.2 Å². The third-order valence-corrected chi connectivity index (χ3v) is 5.26. The predicted octanol–water partition coefficient (Wildman–Crippen LogP) is 4.39. The molecule has 28 heavy (non-hydrogen) atoms. The molecule has 1 aliphatic heterocycles. The number of rotatable bonds is 4. The van der Waals surface area contributed by atoms with Crippen molar-refractivity contribution in [3.63, 3.8) is 0 Å². The number of piperazine rings is 1. The van der Waals surface area contributed by atoms with Crippen LogP contribution in [0.25, 0.3) is 10.8 Å². The van der Waals surface area contributed by atoms with E-state index in [1.54, 1.807) is 13.1 Å². The van der Waals surface area contributed by atoms with Gasteiger partial charge in [-0.2, -0.15) is 0 Å². The van der Waals surface area contributed by atoms with E-state index in [4.69, 9.17) is 16.3 Å². The number of ether oxygens (including phenoxy) is 1. The van der Waals surface area contributed by atoms with E-state index in [0.29, 0.717) is 12.2 Å². The minimum Gasteiger partial charge on any atom is -0.462 e. The minimum absolute atomic E-state index is 0.330. The molecule has 0 N–H and O–H groups in total. The van der Waals surface area contributed by atoms with E-state index in [-0.39, 0.29) is 5.97 Å². The number of fused-ring (bicyclic) bond motifs is 1. The molecular weight excluding hydrogens is 374 g/mol. The topological polar surface area (TPSA) is 45.7 Å². The first-order chi connectivity index (χ1) is 13.7. The second-order valence-corrected chi connectivity index (χ2v) is 7.15. The van der Waals surface area contributed by atoms with E-state index in [0.717, 1.165) is 53.5 Å². The third kappa shape index (κ3) is 3.62. The predicted molar refractivity (Wildman–Crippen MR) is 114 cm³/mol.